The molecule has 1 atom stereocenters. The van der Waals surface area contributed by atoms with Gasteiger partial charge in [-0.3, -0.25) is 14.5 Å². The fourth-order valence-corrected chi connectivity index (χ4v) is 3.17. The van der Waals surface area contributed by atoms with Gasteiger partial charge in [0.1, 0.15) is 12.2 Å². The van der Waals surface area contributed by atoms with Crippen molar-refractivity contribution in [3.63, 3.8) is 0 Å². The molecule has 0 saturated heterocycles. The highest BCUT2D eigenvalue weighted by Crippen LogP contribution is 2.29. The monoisotopic (exact) mass is 378 g/mol. The minimum atomic E-state index is -1.07. The van der Waals surface area contributed by atoms with E-state index in [0.717, 1.165) is 5.69 Å². The summed E-state index contributed by atoms with van der Waals surface area (Å²) in [5.41, 5.74) is 2.77. The molecule has 0 bridgehead atoms. The van der Waals surface area contributed by atoms with Crippen molar-refractivity contribution in [1.82, 2.24) is 9.38 Å². The van der Waals surface area contributed by atoms with Crippen molar-refractivity contribution in [2.75, 3.05) is 16.8 Å². The van der Waals surface area contributed by atoms with E-state index in [9.17, 15) is 14.4 Å². The van der Waals surface area contributed by atoms with Gasteiger partial charge in [-0.25, -0.2) is 9.78 Å². The first-order chi connectivity index (χ1) is 13.4. The molecular weight excluding hydrogens is 360 g/mol. The molecule has 8 heteroatoms. The van der Waals surface area contributed by atoms with E-state index in [1.54, 1.807) is 40.9 Å². The lowest BCUT2D eigenvalue weighted by Crippen LogP contribution is -2.47. The Morgan fingerprint density at radius 1 is 1.18 bits per heavy atom. The summed E-state index contributed by atoms with van der Waals surface area (Å²) in [5, 5.41) is 2.72. The first kappa shape index (κ1) is 17.7. The second-order valence-electron chi connectivity index (χ2n) is 6.56. The third-order valence-corrected chi connectivity index (χ3v) is 4.57. The second kappa shape index (κ2) is 6.80. The maximum atomic E-state index is 12.8. The van der Waals surface area contributed by atoms with E-state index >= 15 is 0 Å². The number of imidazole rings is 1. The molecule has 0 saturated carbocycles. The Hall–Kier alpha value is -3.68. The number of aryl methyl sites for hydroxylation is 1. The van der Waals surface area contributed by atoms with Gasteiger partial charge in [0.2, 0.25) is 5.91 Å². The number of anilines is 2. The molecule has 2 amide bonds. The number of nitrogens with one attached hydrogen (secondary N) is 1. The smallest absolute Gasteiger partial charge is 0.359 e. The zero-order chi connectivity index (χ0) is 19.8. The summed E-state index contributed by atoms with van der Waals surface area (Å²) in [5.74, 6) is -1.48. The van der Waals surface area contributed by atoms with Crippen LogP contribution in [0.5, 0.6) is 0 Å². The fraction of sp³-hybridized carbons (Fsp3) is 0.200. The number of nitrogens with zero attached hydrogens (tertiary/aromatic N) is 3. The van der Waals surface area contributed by atoms with Gasteiger partial charge in [-0.2, -0.15) is 0 Å². The minimum absolute atomic E-state index is 0.116. The number of carbonyl (C=O) groups is 3. The Balaban J connectivity index is 1.53. The SMILES string of the molecule is Cc1cccc2nc(C(=O)O[C@H](C)C(=O)N3CC(=O)Nc4ccccc43)cn12. The number of fused-ring (bicyclic) bond motifs is 2. The van der Waals surface area contributed by atoms with E-state index in [1.165, 1.54) is 11.8 Å². The highest BCUT2D eigenvalue weighted by atomic mass is 16.5. The zero-order valence-corrected chi connectivity index (χ0v) is 15.4. The summed E-state index contributed by atoms with van der Waals surface area (Å²) in [6.07, 6.45) is 0.505. The highest BCUT2D eigenvalue weighted by Gasteiger charge is 2.31. The largest absolute Gasteiger partial charge is 0.448 e. The van der Waals surface area contributed by atoms with Crippen molar-refractivity contribution in [3.05, 3.63) is 60.0 Å². The Morgan fingerprint density at radius 3 is 2.75 bits per heavy atom. The molecule has 2 aromatic heterocycles. The Bertz CT molecular complexity index is 1100. The lowest BCUT2D eigenvalue weighted by atomic mass is 10.1. The van der Waals surface area contributed by atoms with E-state index < -0.39 is 18.0 Å². The molecule has 28 heavy (non-hydrogen) atoms. The van der Waals surface area contributed by atoms with Gasteiger partial charge in [-0.15, -0.1) is 0 Å². The Kier molecular flexibility index (Phi) is 4.31. The molecule has 8 nitrogen and oxygen atoms in total. The molecule has 0 radical (unpaired) electrons. The highest BCUT2D eigenvalue weighted by molar-refractivity contribution is 6.11. The van der Waals surface area contributed by atoms with E-state index in [1.807, 2.05) is 19.1 Å². The van der Waals surface area contributed by atoms with Crippen molar-refractivity contribution in [1.29, 1.82) is 0 Å². The Morgan fingerprint density at radius 2 is 1.96 bits per heavy atom. The van der Waals surface area contributed by atoms with Crippen LogP contribution in [0.2, 0.25) is 0 Å². The van der Waals surface area contributed by atoms with Gasteiger partial charge in [0.15, 0.2) is 11.8 Å². The number of ether oxygens (including phenoxy) is 1. The lowest BCUT2D eigenvalue weighted by molar-refractivity contribution is -0.128. The zero-order valence-electron chi connectivity index (χ0n) is 15.4. The minimum Gasteiger partial charge on any atom is -0.448 e. The van der Waals surface area contributed by atoms with Gasteiger partial charge in [0, 0.05) is 11.9 Å². The number of rotatable bonds is 3. The van der Waals surface area contributed by atoms with E-state index in [0.29, 0.717) is 17.0 Å². The molecule has 0 aliphatic carbocycles. The maximum Gasteiger partial charge on any atom is 0.359 e. The molecular formula is C20H18N4O4. The number of hydrogen-bond donors (Lipinski definition) is 1. The van der Waals surface area contributed by atoms with Crippen LogP contribution in [-0.4, -0.2) is 39.8 Å². The third kappa shape index (κ3) is 3.09. The average molecular weight is 378 g/mol. The first-order valence-electron chi connectivity index (χ1n) is 8.80. The standard InChI is InChI=1S/C20H18N4O4/c1-12-6-5-9-17-21-15(10-23(12)17)20(27)28-13(2)19(26)24-11-18(25)22-14-7-3-4-8-16(14)24/h3-10,13H,11H2,1-2H3,(H,22,25)/t13-/m1/s1. The summed E-state index contributed by atoms with van der Waals surface area (Å²) >= 11 is 0. The van der Waals surface area contributed by atoms with Gasteiger partial charge in [0.05, 0.1) is 11.4 Å². The average Bonchev–Trinajstić information content (AvgIpc) is 3.12. The molecule has 1 aliphatic rings. The number of carbonyl (C=O) groups excluding carboxylic acids is 3. The lowest BCUT2D eigenvalue weighted by Gasteiger charge is -2.30. The Labute approximate surface area is 160 Å². The second-order valence-corrected chi connectivity index (χ2v) is 6.56. The molecule has 0 fully saturated rings. The number of esters is 1. The van der Waals surface area contributed by atoms with Crippen LogP contribution >= 0.6 is 0 Å². The van der Waals surface area contributed by atoms with Crippen LogP contribution in [0.15, 0.2) is 48.7 Å². The van der Waals surface area contributed by atoms with Crippen LogP contribution in [0.1, 0.15) is 23.1 Å². The number of aromatic nitrogens is 2. The van der Waals surface area contributed by atoms with Gasteiger partial charge in [-0.1, -0.05) is 18.2 Å². The fourth-order valence-electron chi connectivity index (χ4n) is 3.17. The quantitative estimate of drug-likeness (QED) is 0.705. The molecule has 3 aromatic rings. The molecule has 1 aromatic carbocycles. The molecule has 0 unspecified atom stereocenters. The summed E-state index contributed by atoms with van der Waals surface area (Å²) < 4.78 is 7.11. The van der Waals surface area contributed by atoms with Gasteiger partial charge >= 0.3 is 5.97 Å². The molecule has 1 aliphatic heterocycles. The van der Waals surface area contributed by atoms with Crippen molar-refractivity contribution in [2.45, 2.75) is 20.0 Å². The summed E-state index contributed by atoms with van der Waals surface area (Å²) in [6, 6.07) is 12.5. The first-order valence-corrected chi connectivity index (χ1v) is 8.80. The van der Waals surface area contributed by atoms with Gasteiger partial charge in [-0.05, 0) is 38.1 Å². The van der Waals surface area contributed by atoms with Crippen LogP contribution in [-0.2, 0) is 14.3 Å². The van der Waals surface area contributed by atoms with Crippen molar-refractivity contribution in [2.24, 2.45) is 0 Å². The van der Waals surface area contributed by atoms with E-state index in [4.69, 9.17) is 4.74 Å². The van der Waals surface area contributed by atoms with E-state index in [2.05, 4.69) is 10.3 Å². The van der Waals surface area contributed by atoms with Gasteiger partial charge < -0.3 is 14.5 Å². The maximum absolute atomic E-state index is 12.8. The number of hydrogen-bond acceptors (Lipinski definition) is 5. The van der Waals surface area contributed by atoms with E-state index in [-0.39, 0.29) is 18.1 Å². The van der Waals surface area contributed by atoms with Crippen molar-refractivity contribution < 1.29 is 19.1 Å². The van der Waals surface area contributed by atoms with Crippen LogP contribution in [0.3, 0.4) is 0 Å². The normalized spacial score (nSPS) is 14.4. The molecule has 142 valence electrons. The van der Waals surface area contributed by atoms with Crippen LogP contribution in [0.4, 0.5) is 11.4 Å². The van der Waals surface area contributed by atoms with Crippen LogP contribution in [0, 0.1) is 6.92 Å². The number of para-hydroxylation sites is 2. The topological polar surface area (TPSA) is 93.0 Å². The predicted octanol–water partition coefficient (Wildman–Crippen LogP) is 2.17. The summed E-state index contributed by atoms with van der Waals surface area (Å²) in [4.78, 5) is 42.8. The van der Waals surface area contributed by atoms with Crippen molar-refractivity contribution in [3.8, 4) is 0 Å². The molecule has 0 spiro atoms. The number of benzene rings is 1. The molecule has 1 N–H and O–H groups in total. The van der Waals surface area contributed by atoms with Crippen molar-refractivity contribution >= 4 is 34.8 Å². The van der Waals surface area contributed by atoms with Crippen LogP contribution in [0.25, 0.3) is 5.65 Å². The summed E-state index contributed by atoms with van der Waals surface area (Å²) in [6.45, 7) is 3.25. The van der Waals surface area contributed by atoms with Crippen LogP contribution < -0.4 is 10.2 Å². The summed E-state index contributed by atoms with van der Waals surface area (Å²) in [7, 11) is 0. The number of amides is 2. The predicted molar refractivity (Wildman–Crippen MR) is 102 cm³/mol. The molecule has 4 rings (SSSR count). The third-order valence-electron chi connectivity index (χ3n) is 4.57. The van der Waals surface area contributed by atoms with Gasteiger partial charge in [0.25, 0.3) is 5.91 Å². The molecule has 3 heterocycles. The number of pyridine rings is 1.